The summed E-state index contributed by atoms with van der Waals surface area (Å²) in [6, 6.07) is 0.842. The van der Waals surface area contributed by atoms with Crippen LogP contribution in [-0.4, -0.2) is 24.1 Å². The summed E-state index contributed by atoms with van der Waals surface area (Å²) in [6.07, 6.45) is 8.63. The lowest BCUT2D eigenvalue weighted by Crippen LogP contribution is -2.37. The van der Waals surface area contributed by atoms with Crippen molar-refractivity contribution in [3.63, 3.8) is 0 Å². The Morgan fingerprint density at radius 2 is 2.13 bits per heavy atom. The van der Waals surface area contributed by atoms with Crippen LogP contribution in [-0.2, 0) is 0 Å². The van der Waals surface area contributed by atoms with Crippen molar-refractivity contribution >= 4 is 11.8 Å². The van der Waals surface area contributed by atoms with Gasteiger partial charge >= 0.3 is 0 Å². The van der Waals surface area contributed by atoms with Crippen LogP contribution in [0, 0.1) is 11.8 Å². The van der Waals surface area contributed by atoms with Crippen LogP contribution < -0.4 is 5.32 Å². The molecule has 1 heterocycles. The molecule has 1 aliphatic heterocycles. The minimum absolute atomic E-state index is 0.842. The second-order valence-electron chi connectivity index (χ2n) is 5.28. The largest absolute Gasteiger partial charge is 0.314 e. The van der Waals surface area contributed by atoms with Gasteiger partial charge in [0, 0.05) is 6.04 Å². The topological polar surface area (TPSA) is 12.0 Å². The van der Waals surface area contributed by atoms with Crippen molar-refractivity contribution in [3.05, 3.63) is 0 Å². The summed E-state index contributed by atoms with van der Waals surface area (Å²) in [5, 5.41) is 3.81. The summed E-state index contributed by atoms with van der Waals surface area (Å²) in [5.74, 6) is 4.78. The minimum atomic E-state index is 0.842. The van der Waals surface area contributed by atoms with Crippen molar-refractivity contribution in [3.8, 4) is 0 Å². The fourth-order valence-electron chi connectivity index (χ4n) is 2.92. The van der Waals surface area contributed by atoms with Crippen LogP contribution in [0.5, 0.6) is 0 Å². The predicted molar refractivity (Wildman–Crippen MR) is 69.5 cm³/mol. The molecule has 1 nitrogen and oxygen atoms in total. The van der Waals surface area contributed by atoms with Crippen LogP contribution in [0.25, 0.3) is 0 Å². The Morgan fingerprint density at radius 1 is 1.20 bits per heavy atom. The van der Waals surface area contributed by atoms with E-state index in [0.29, 0.717) is 0 Å². The third kappa shape index (κ3) is 3.67. The molecule has 2 fully saturated rings. The highest BCUT2D eigenvalue weighted by molar-refractivity contribution is 7.99. The van der Waals surface area contributed by atoms with Crippen LogP contribution in [0.1, 0.15) is 45.4 Å². The van der Waals surface area contributed by atoms with Crippen LogP contribution in [0.2, 0.25) is 0 Å². The summed E-state index contributed by atoms with van der Waals surface area (Å²) >= 11 is 2.13. The van der Waals surface area contributed by atoms with E-state index in [9.17, 15) is 0 Å². The highest BCUT2D eigenvalue weighted by atomic mass is 32.2. The van der Waals surface area contributed by atoms with E-state index in [1.165, 1.54) is 56.6 Å². The van der Waals surface area contributed by atoms with Crippen molar-refractivity contribution in [2.45, 2.75) is 51.5 Å². The van der Waals surface area contributed by atoms with Crippen LogP contribution >= 0.6 is 11.8 Å². The Labute approximate surface area is 98.8 Å². The van der Waals surface area contributed by atoms with Crippen molar-refractivity contribution in [2.75, 3.05) is 18.1 Å². The van der Waals surface area contributed by atoms with E-state index in [-0.39, 0.29) is 0 Å². The van der Waals surface area contributed by atoms with Gasteiger partial charge in [-0.2, -0.15) is 11.8 Å². The van der Waals surface area contributed by atoms with Crippen molar-refractivity contribution < 1.29 is 0 Å². The summed E-state index contributed by atoms with van der Waals surface area (Å²) in [7, 11) is 0. The molecule has 2 rings (SSSR count). The van der Waals surface area contributed by atoms with Gasteiger partial charge in [-0.1, -0.05) is 26.2 Å². The van der Waals surface area contributed by atoms with E-state index in [2.05, 4.69) is 24.0 Å². The summed E-state index contributed by atoms with van der Waals surface area (Å²) < 4.78 is 0. The summed E-state index contributed by atoms with van der Waals surface area (Å²) in [4.78, 5) is 0. The molecule has 0 aromatic rings. The smallest absolute Gasteiger partial charge is 0.00698 e. The van der Waals surface area contributed by atoms with Gasteiger partial charge in [0.05, 0.1) is 0 Å². The quantitative estimate of drug-likeness (QED) is 0.791. The zero-order valence-electron chi connectivity index (χ0n) is 10.0. The van der Waals surface area contributed by atoms with Gasteiger partial charge in [0.25, 0.3) is 0 Å². The highest BCUT2D eigenvalue weighted by Gasteiger charge is 2.22. The molecule has 0 bridgehead atoms. The van der Waals surface area contributed by atoms with Gasteiger partial charge in [-0.3, -0.25) is 0 Å². The van der Waals surface area contributed by atoms with Crippen LogP contribution in [0.4, 0.5) is 0 Å². The lowest BCUT2D eigenvalue weighted by Gasteiger charge is -2.30. The molecular formula is C13H25NS. The molecule has 0 aromatic carbocycles. The van der Waals surface area contributed by atoms with Crippen molar-refractivity contribution in [1.29, 1.82) is 0 Å². The normalized spacial score (nSPS) is 37.0. The highest BCUT2D eigenvalue weighted by Crippen LogP contribution is 2.27. The molecule has 0 aromatic heterocycles. The number of hydrogen-bond acceptors (Lipinski definition) is 2. The molecule has 1 N–H and O–H groups in total. The first-order valence-electron chi connectivity index (χ1n) is 6.69. The molecule has 2 heteroatoms. The van der Waals surface area contributed by atoms with E-state index in [0.717, 1.165) is 17.9 Å². The minimum Gasteiger partial charge on any atom is -0.314 e. The molecule has 88 valence electrons. The molecule has 1 saturated carbocycles. The third-order valence-electron chi connectivity index (χ3n) is 4.08. The summed E-state index contributed by atoms with van der Waals surface area (Å²) in [5.41, 5.74) is 0. The van der Waals surface area contributed by atoms with Gasteiger partial charge in [-0.15, -0.1) is 0 Å². The molecule has 3 unspecified atom stereocenters. The maximum Gasteiger partial charge on any atom is 0.00698 e. The number of rotatable bonds is 4. The number of nitrogens with one attached hydrogen (secondary N) is 1. The van der Waals surface area contributed by atoms with E-state index in [4.69, 9.17) is 0 Å². The summed E-state index contributed by atoms with van der Waals surface area (Å²) in [6.45, 7) is 3.63. The molecule has 1 aliphatic carbocycles. The lowest BCUT2D eigenvalue weighted by molar-refractivity contribution is 0.272. The van der Waals surface area contributed by atoms with Crippen molar-refractivity contribution in [2.24, 2.45) is 11.8 Å². The molecule has 0 amide bonds. The van der Waals surface area contributed by atoms with Gasteiger partial charge in [-0.25, -0.2) is 0 Å². The number of hydrogen-bond donors (Lipinski definition) is 1. The molecule has 15 heavy (non-hydrogen) atoms. The van der Waals surface area contributed by atoms with Crippen LogP contribution in [0.3, 0.4) is 0 Å². The Kier molecular flexibility index (Phi) is 4.83. The Bertz CT molecular complexity index is 177. The standard InChI is InChI=1S/C13H25NS/c1-2-11-4-3-5-13(8-11)14-9-12-6-7-15-10-12/h11-14H,2-10H2,1H3. The molecule has 2 aliphatic rings. The van der Waals surface area contributed by atoms with Gasteiger partial charge in [-0.05, 0) is 49.1 Å². The third-order valence-corrected chi connectivity index (χ3v) is 5.31. The van der Waals surface area contributed by atoms with E-state index >= 15 is 0 Å². The second kappa shape index (κ2) is 6.15. The Balaban J connectivity index is 1.65. The average molecular weight is 227 g/mol. The Hall–Kier alpha value is 0.310. The molecule has 3 atom stereocenters. The van der Waals surface area contributed by atoms with E-state index < -0.39 is 0 Å². The monoisotopic (exact) mass is 227 g/mol. The zero-order chi connectivity index (χ0) is 10.5. The van der Waals surface area contributed by atoms with Gasteiger partial charge in [0.1, 0.15) is 0 Å². The SMILES string of the molecule is CCC1CCCC(NCC2CCSC2)C1. The van der Waals surface area contributed by atoms with Crippen LogP contribution in [0.15, 0.2) is 0 Å². The molecule has 0 spiro atoms. The number of thioether (sulfide) groups is 1. The van der Waals surface area contributed by atoms with Gasteiger partial charge in [0.15, 0.2) is 0 Å². The first kappa shape index (κ1) is 11.8. The second-order valence-corrected chi connectivity index (χ2v) is 6.43. The lowest BCUT2D eigenvalue weighted by atomic mass is 9.84. The molecule has 0 radical (unpaired) electrons. The van der Waals surface area contributed by atoms with E-state index in [1.807, 2.05) is 0 Å². The predicted octanol–water partition coefficient (Wildman–Crippen LogP) is 3.30. The van der Waals surface area contributed by atoms with Crippen molar-refractivity contribution in [1.82, 2.24) is 5.32 Å². The van der Waals surface area contributed by atoms with E-state index in [1.54, 1.807) is 0 Å². The average Bonchev–Trinajstić information content (AvgIpc) is 2.79. The zero-order valence-corrected chi connectivity index (χ0v) is 10.8. The fraction of sp³-hybridized carbons (Fsp3) is 1.00. The van der Waals surface area contributed by atoms with Gasteiger partial charge < -0.3 is 5.32 Å². The molecule has 1 saturated heterocycles. The maximum atomic E-state index is 3.81. The molecular weight excluding hydrogens is 202 g/mol. The van der Waals surface area contributed by atoms with Gasteiger partial charge in [0.2, 0.25) is 0 Å². The maximum absolute atomic E-state index is 3.81. The first-order chi connectivity index (χ1) is 7.38. The first-order valence-corrected chi connectivity index (χ1v) is 7.85. The Morgan fingerprint density at radius 3 is 2.87 bits per heavy atom. The fourth-order valence-corrected chi connectivity index (χ4v) is 4.21.